The maximum atomic E-state index is 13.2. The van der Waals surface area contributed by atoms with Gasteiger partial charge in [-0.2, -0.15) is 0 Å². The maximum Gasteiger partial charge on any atom is 0.223 e. The van der Waals surface area contributed by atoms with Crippen molar-refractivity contribution in [2.45, 2.75) is 20.4 Å². The van der Waals surface area contributed by atoms with E-state index in [1.165, 1.54) is 12.3 Å². The molecule has 0 amide bonds. The van der Waals surface area contributed by atoms with Crippen LogP contribution in [0, 0.1) is 19.7 Å². The van der Waals surface area contributed by atoms with Crippen LogP contribution in [0.1, 0.15) is 16.7 Å². The molecule has 0 bridgehead atoms. The average molecular weight is 260 g/mol. The zero-order chi connectivity index (χ0) is 13.8. The monoisotopic (exact) mass is 260 g/mol. The van der Waals surface area contributed by atoms with E-state index >= 15 is 0 Å². The van der Waals surface area contributed by atoms with Gasteiger partial charge in [0.1, 0.15) is 11.6 Å². The normalized spacial score (nSPS) is 10.5. The van der Waals surface area contributed by atoms with Crippen molar-refractivity contribution in [1.82, 2.24) is 10.3 Å². The first kappa shape index (κ1) is 13.5. The minimum absolute atomic E-state index is 0.362. The molecule has 0 aliphatic heterocycles. The Morgan fingerprint density at radius 1 is 1.32 bits per heavy atom. The summed E-state index contributed by atoms with van der Waals surface area (Å²) in [6.45, 7) is 4.52. The van der Waals surface area contributed by atoms with Crippen LogP contribution in [0.3, 0.4) is 0 Å². The van der Waals surface area contributed by atoms with Gasteiger partial charge in [-0.1, -0.05) is 12.1 Å². The highest BCUT2D eigenvalue weighted by Crippen LogP contribution is 2.28. The third-order valence-corrected chi connectivity index (χ3v) is 3.02. The number of hydrogen-bond donors (Lipinski definition) is 1. The molecule has 2 rings (SSSR count). The Balaban J connectivity index is 2.35. The quantitative estimate of drug-likeness (QED) is 0.915. The standard InChI is InChI=1S/C15H17FN2O/c1-10-5-4-6-14(11(10)2)19-15-12(8-17-3)7-13(16)9-18-15/h4-7,9,17H,8H2,1-3H3. The van der Waals surface area contributed by atoms with E-state index in [9.17, 15) is 4.39 Å². The molecule has 0 spiro atoms. The third-order valence-electron chi connectivity index (χ3n) is 3.02. The van der Waals surface area contributed by atoms with Crippen molar-refractivity contribution in [3.63, 3.8) is 0 Å². The van der Waals surface area contributed by atoms with E-state index in [1.54, 1.807) is 7.05 Å². The number of benzene rings is 1. The Kier molecular flexibility index (Phi) is 4.12. The van der Waals surface area contributed by atoms with Crippen molar-refractivity contribution in [3.8, 4) is 11.6 Å². The zero-order valence-corrected chi connectivity index (χ0v) is 11.3. The average Bonchev–Trinajstić information content (AvgIpc) is 2.38. The lowest BCUT2D eigenvalue weighted by Gasteiger charge is -2.12. The molecule has 0 saturated carbocycles. The number of nitrogens with one attached hydrogen (secondary N) is 1. The largest absolute Gasteiger partial charge is 0.438 e. The molecule has 1 aromatic heterocycles. The lowest BCUT2D eigenvalue weighted by Crippen LogP contribution is -2.08. The van der Waals surface area contributed by atoms with E-state index in [0.717, 1.165) is 16.9 Å². The highest BCUT2D eigenvalue weighted by molar-refractivity contribution is 5.41. The number of aryl methyl sites for hydroxylation is 1. The molecule has 0 fully saturated rings. The fraction of sp³-hybridized carbons (Fsp3) is 0.267. The molecule has 1 aromatic carbocycles. The van der Waals surface area contributed by atoms with Gasteiger partial charge in [0.15, 0.2) is 0 Å². The van der Waals surface area contributed by atoms with Crippen LogP contribution in [0.25, 0.3) is 0 Å². The van der Waals surface area contributed by atoms with Crippen LogP contribution in [0.15, 0.2) is 30.5 Å². The molecule has 0 radical (unpaired) electrons. The van der Waals surface area contributed by atoms with E-state index in [4.69, 9.17) is 4.74 Å². The molecule has 100 valence electrons. The van der Waals surface area contributed by atoms with Crippen LogP contribution >= 0.6 is 0 Å². The summed E-state index contributed by atoms with van der Waals surface area (Å²) < 4.78 is 19.0. The molecule has 2 aromatic rings. The SMILES string of the molecule is CNCc1cc(F)cnc1Oc1cccc(C)c1C. The number of aromatic nitrogens is 1. The predicted octanol–water partition coefficient (Wildman–Crippen LogP) is 3.35. The molecule has 0 saturated heterocycles. The Morgan fingerprint density at radius 2 is 2.11 bits per heavy atom. The summed E-state index contributed by atoms with van der Waals surface area (Å²) in [5, 5.41) is 2.98. The number of halogens is 1. The van der Waals surface area contributed by atoms with Crippen molar-refractivity contribution in [2.75, 3.05) is 7.05 Å². The summed E-state index contributed by atoms with van der Waals surface area (Å²) in [7, 11) is 1.80. The van der Waals surface area contributed by atoms with Crippen LogP contribution in [0.2, 0.25) is 0 Å². The van der Waals surface area contributed by atoms with E-state index < -0.39 is 0 Å². The summed E-state index contributed by atoms with van der Waals surface area (Å²) in [5.41, 5.74) is 2.90. The van der Waals surface area contributed by atoms with Crippen molar-refractivity contribution in [1.29, 1.82) is 0 Å². The van der Waals surface area contributed by atoms with E-state index in [2.05, 4.69) is 10.3 Å². The number of pyridine rings is 1. The molecule has 4 heteroatoms. The first-order valence-corrected chi connectivity index (χ1v) is 6.15. The van der Waals surface area contributed by atoms with Crippen molar-refractivity contribution >= 4 is 0 Å². The molecule has 0 unspecified atom stereocenters. The van der Waals surface area contributed by atoms with Crippen molar-refractivity contribution < 1.29 is 9.13 Å². The Hall–Kier alpha value is -1.94. The molecular formula is C15H17FN2O. The Morgan fingerprint density at radius 3 is 2.84 bits per heavy atom. The summed E-state index contributed by atoms with van der Waals surface area (Å²) in [6, 6.07) is 7.27. The van der Waals surface area contributed by atoms with Gasteiger partial charge >= 0.3 is 0 Å². The van der Waals surface area contributed by atoms with E-state index in [0.29, 0.717) is 18.0 Å². The topological polar surface area (TPSA) is 34.2 Å². The molecule has 19 heavy (non-hydrogen) atoms. The lowest BCUT2D eigenvalue weighted by molar-refractivity contribution is 0.446. The lowest BCUT2D eigenvalue weighted by atomic mass is 10.1. The predicted molar refractivity (Wildman–Crippen MR) is 72.9 cm³/mol. The van der Waals surface area contributed by atoms with Gasteiger partial charge in [0.05, 0.1) is 6.20 Å². The van der Waals surface area contributed by atoms with E-state index in [-0.39, 0.29) is 5.82 Å². The number of nitrogens with zero attached hydrogens (tertiary/aromatic N) is 1. The second-order valence-corrected chi connectivity index (χ2v) is 4.45. The van der Waals surface area contributed by atoms with Crippen molar-refractivity contribution in [2.24, 2.45) is 0 Å². The van der Waals surface area contributed by atoms with Gasteiger partial charge < -0.3 is 10.1 Å². The minimum atomic E-state index is -0.362. The molecule has 3 nitrogen and oxygen atoms in total. The van der Waals surface area contributed by atoms with Gasteiger partial charge in [-0.05, 0) is 44.2 Å². The molecule has 0 atom stereocenters. The zero-order valence-electron chi connectivity index (χ0n) is 11.3. The molecule has 0 aliphatic carbocycles. The third kappa shape index (κ3) is 3.09. The summed E-state index contributed by atoms with van der Waals surface area (Å²) in [6.07, 6.45) is 1.17. The summed E-state index contributed by atoms with van der Waals surface area (Å²) in [5.74, 6) is 0.819. The number of hydrogen-bond acceptors (Lipinski definition) is 3. The first-order chi connectivity index (χ1) is 9.11. The molecule has 1 heterocycles. The van der Waals surface area contributed by atoms with Gasteiger partial charge in [-0.3, -0.25) is 0 Å². The highest BCUT2D eigenvalue weighted by atomic mass is 19.1. The Bertz CT molecular complexity index is 584. The first-order valence-electron chi connectivity index (χ1n) is 6.15. The minimum Gasteiger partial charge on any atom is -0.438 e. The van der Waals surface area contributed by atoms with Gasteiger partial charge in [0, 0.05) is 12.1 Å². The van der Waals surface area contributed by atoms with Crippen LogP contribution in [-0.4, -0.2) is 12.0 Å². The van der Waals surface area contributed by atoms with Crippen LogP contribution < -0.4 is 10.1 Å². The highest BCUT2D eigenvalue weighted by Gasteiger charge is 2.10. The Labute approximate surface area is 112 Å². The van der Waals surface area contributed by atoms with Gasteiger partial charge in [-0.15, -0.1) is 0 Å². The summed E-state index contributed by atoms with van der Waals surface area (Å²) in [4.78, 5) is 4.03. The number of ether oxygens (including phenoxy) is 1. The van der Waals surface area contributed by atoms with Gasteiger partial charge in [0.25, 0.3) is 0 Å². The summed E-state index contributed by atoms with van der Waals surface area (Å²) >= 11 is 0. The van der Waals surface area contributed by atoms with Crippen LogP contribution in [-0.2, 0) is 6.54 Å². The van der Waals surface area contributed by atoms with Gasteiger partial charge in [0.2, 0.25) is 5.88 Å². The van der Waals surface area contributed by atoms with E-state index in [1.807, 2.05) is 32.0 Å². The maximum absolute atomic E-state index is 13.2. The smallest absolute Gasteiger partial charge is 0.223 e. The second kappa shape index (κ2) is 5.80. The molecular weight excluding hydrogens is 243 g/mol. The fourth-order valence-corrected chi connectivity index (χ4v) is 1.82. The molecule has 1 N–H and O–H groups in total. The van der Waals surface area contributed by atoms with Crippen LogP contribution in [0.5, 0.6) is 11.6 Å². The fourth-order valence-electron chi connectivity index (χ4n) is 1.82. The van der Waals surface area contributed by atoms with Crippen LogP contribution in [0.4, 0.5) is 4.39 Å². The van der Waals surface area contributed by atoms with Crippen molar-refractivity contribution in [3.05, 3.63) is 53.0 Å². The second-order valence-electron chi connectivity index (χ2n) is 4.45. The van der Waals surface area contributed by atoms with Gasteiger partial charge in [-0.25, -0.2) is 9.37 Å². The molecule has 0 aliphatic rings. The number of rotatable bonds is 4.